The molecule has 0 spiro atoms. The Labute approximate surface area is 111 Å². The van der Waals surface area contributed by atoms with E-state index in [9.17, 15) is 14.9 Å². The van der Waals surface area contributed by atoms with E-state index in [0.717, 1.165) is 0 Å². The van der Waals surface area contributed by atoms with Gasteiger partial charge in [-0.3, -0.25) is 14.9 Å². The number of para-hydroxylation sites is 1. The molecule has 19 heavy (non-hydrogen) atoms. The van der Waals surface area contributed by atoms with Crippen molar-refractivity contribution in [3.63, 3.8) is 0 Å². The molecule has 102 valence electrons. The summed E-state index contributed by atoms with van der Waals surface area (Å²) in [5, 5.41) is 13.8. The van der Waals surface area contributed by atoms with Crippen LogP contribution in [-0.4, -0.2) is 42.9 Å². The van der Waals surface area contributed by atoms with Gasteiger partial charge < -0.3 is 10.2 Å². The standard InChI is InChI=1S/C13H17N3O3/c1-14-9-10-15(2)13(17)8-7-11-5-3-4-6-12(11)16(18)19/h3-8,14H,9-10H2,1-2H3. The summed E-state index contributed by atoms with van der Waals surface area (Å²) in [4.78, 5) is 23.6. The van der Waals surface area contributed by atoms with E-state index >= 15 is 0 Å². The van der Waals surface area contributed by atoms with Crippen LogP contribution in [0, 0.1) is 10.1 Å². The third-order valence-electron chi connectivity index (χ3n) is 2.61. The van der Waals surface area contributed by atoms with Crippen LogP contribution in [0.25, 0.3) is 6.08 Å². The van der Waals surface area contributed by atoms with E-state index in [2.05, 4.69) is 5.32 Å². The van der Waals surface area contributed by atoms with Crippen molar-refractivity contribution < 1.29 is 9.72 Å². The fraction of sp³-hybridized carbons (Fsp3) is 0.308. The first-order chi connectivity index (χ1) is 9.06. The zero-order chi connectivity index (χ0) is 14.3. The Hall–Kier alpha value is -2.21. The summed E-state index contributed by atoms with van der Waals surface area (Å²) in [5.41, 5.74) is 0.410. The maximum atomic E-state index is 11.7. The number of hydrogen-bond acceptors (Lipinski definition) is 4. The molecule has 1 amide bonds. The summed E-state index contributed by atoms with van der Waals surface area (Å²) in [6, 6.07) is 6.31. The van der Waals surface area contributed by atoms with Crippen molar-refractivity contribution in [2.24, 2.45) is 0 Å². The number of benzene rings is 1. The van der Waals surface area contributed by atoms with Gasteiger partial charge in [0.15, 0.2) is 0 Å². The Morgan fingerprint density at radius 2 is 2.16 bits per heavy atom. The third kappa shape index (κ3) is 4.51. The Morgan fingerprint density at radius 3 is 2.79 bits per heavy atom. The smallest absolute Gasteiger partial charge is 0.276 e. The van der Waals surface area contributed by atoms with E-state index < -0.39 is 4.92 Å². The first-order valence-electron chi connectivity index (χ1n) is 5.87. The zero-order valence-electron chi connectivity index (χ0n) is 11.0. The van der Waals surface area contributed by atoms with Crippen LogP contribution >= 0.6 is 0 Å². The molecule has 0 bridgehead atoms. The van der Waals surface area contributed by atoms with E-state index in [1.807, 2.05) is 7.05 Å². The lowest BCUT2D eigenvalue weighted by Gasteiger charge is -2.14. The molecule has 6 heteroatoms. The molecular weight excluding hydrogens is 246 g/mol. The molecule has 6 nitrogen and oxygen atoms in total. The average molecular weight is 263 g/mol. The van der Waals surface area contributed by atoms with Crippen molar-refractivity contribution in [3.05, 3.63) is 46.0 Å². The second-order valence-electron chi connectivity index (χ2n) is 4.01. The molecular formula is C13H17N3O3. The van der Waals surface area contributed by atoms with E-state index in [1.54, 1.807) is 30.1 Å². The first kappa shape index (κ1) is 14.8. The molecule has 0 radical (unpaired) electrons. The molecule has 0 aliphatic carbocycles. The highest BCUT2D eigenvalue weighted by molar-refractivity contribution is 5.92. The number of likely N-dealkylation sites (N-methyl/N-ethyl adjacent to an activating group) is 2. The monoisotopic (exact) mass is 263 g/mol. The molecule has 0 atom stereocenters. The van der Waals surface area contributed by atoms with Gasteiger partial charge in [0, 0.05) is 32.3 Å². The van der Waals surface area contributed by atoms with Crippen LogP contribution < -0.4 is 5.32 Å². The van der Waals surface area contributed by atoms with E-state index in [4.69, 9.17) is 0 Å². The van der Waals surface area contributed by atoms with Crippen molar-refractivity contribution in [2.45, 2.75) is 0 Å². The normalized spacial score (nSPS) is 10.6. The van der Waals surface area contributed by atoms with Gasteiger partial charge in [0.25, 0.3) is 5.69 Å². The molecule has 0 saturated carbocycles. The Bertz CT molecular complexity index is 486. The molecule has 0 unspecified atom stereocenters. The predicted octanol–water partition coefficient (Wildman–Crippen LogP) is 1.29. The summed E-state index contributed by atoms with van der Waals surface area (Å²) < 4.78 is 0. The highest BCUT2D eigenvalue weighted by Crippen LogP contribution is 2.18. The van der Waals surface area contributed by atoms with Gasteiger partial charge in [-0.2, -0.15) is 0 Å². The van der Waals surface area contributed by atoms with Gasteiger partial charge >= 0.3 is 0 Å². The number of amides is 1. The summed E-state index contributed by atoms with van der Waals surface area (Å²) in [5.74, 6) is -0.187. The number of carbonyl (C=O) groups is 1. The lowest BCUT2D eigenvalue weighted by molar-refractivity contribution is -0.385. The molecule has 0 heterocycles. The molecule has 1 rings (SSSR count). The van der Waals surface area contributed by atoms with Crippen molar-refractivity contribution in [2.75, 3.05) is 27.2 Å². The van der Waals surface area contributed by atoms with E-state index in [0.29, 0.717) is 18.7 Å². The van der Waals surface area contributed by atoms with Gasteiger partial charge in [-0.1, -0.05) is 12.1 Å². The van der Waals surface area contributed by atoms with Crippen molar-refractivity contribution in [1.29, 1.82) is 0 Å². The number of nitrogens with one attached hydrogen (secondary N) is 1. The summed E-state index contributed by atoms with van der Waals surface area (Å²) in [6.07, 6.45) is 2.81. The molecule has 0 aliphatic heterocycles. The Kier molecular flexibility index (Phi) is 5.69. The van der Waals surface area contributed by atoms with Crippen LogP contribution in [0.5, 0.6) is 0 Å². The first-order valence-corrected chi connectivity index (χ1v) is 5.87. The van der Waals surface area contributed by atoms with E-state index in [-0.39, 0.29) is 11.6 Å². The Morgan fingerprint density at radius 1 is 1.47 bits per heavy atom. The van der Waals surface area contributed by atoms with Gasteiger partial charge in [-0.15, -0.1) is 0 Å². The highest BCUT2D eigenvalue weighted by Gasteiger charge is 2.10. The predicted molar refractivity (Wildman–Crippen MR) is 73.7 cm³/mol. The number of rotatable bonds is 6. The lowest BCUT2D eigenvalue weighted by Crippen LogP contribution is -2.31. The van der Waals surface area contributed by atoms with Crippen molar-refractivity contribution >= 4 is 17.7 Å². The van der Waals surface area contributed by atoms with Crippen molar-refractivity contribution in [3.8, 4) is 0 Å². The van der Waals surface area contributed by atoms with Gasteiger partial charge in [0.2, 0.25) is 5.91 Å². The highest BCUT2D eigenvalue weighted by atomic mass is 16.6. The summed E-state index contributed by atoms with van der Waals surface area (Å²) in [6.45, 7) is 1.28. The van der Waals surface area contributed by atoms with Crippen molar-refractivity contribution in [1.82, 2.24) is 10.2 Å². The molecule has 0 saturated heterocycles. The maximum Gasteiger partial charge on any atom is 0.276 e. The van der Waals surface area contributed by atoms with Crippen LogP contribution in [0.4, 0.5) is 5.69 Å². The molecule has 1 aromatic rings. The second-order valence-corrected chi connectivity index (χ2v) is 4.01. The molecule has 0 aromatic heterocycles. The SMILES string of the molecule is CNCCN(C)C(=O)C=Cc1ccccc1[N+](=O)[O-]. The fourth-order valence-corrected chi connectivity index (χ4v) is 1.47. The second kappa shape index (κ2) is 7.27. The van der Waals surface area contributed by atoms with Crippen LogP contribution in [-0.2, 0) is 4.79 Å². The zero-order valence-corrected chi connectivity index (χ0v) is 11.0. The van der Waals surface area contributed by atoms with Crippen LogP contribution in [0.1, 0.15) is 5.56 Å². The average Bonchev–Trinajstić information content (AvgIpc) is 2.42. The number of nitro benzene ring substituents is 1. The van der Waals surface area contributed by atoms with Gasteiger partial charge in [-0.25, -0.2) is 0 Å². The number of hydrogen-bond donors (Lipinski definition) is 1. The largest absolute Gasteiger partial charge is 0.341 e. The quantitative estimate of drug-likeness (QED) is 0.476. The molecule has 1 N–H and O–H groups in total. The molecule has 0 fully saturated rings. The van der Waals surface area contributed by atoms with Crippen LogP contribution in [0.15, 0.2) is 30.3 Å². The summed E-state index contributed by atoms with van der Waals surface area (Å²) in [7, 11) is 3.49. The minimum absolute atomic E-state index is 0.00979. The minimum Gasteiger partial charge on any atom is -0.341 e. The Balaban J connectivity index is 2.76. The van der Waals surface area contributed by atoms with Gasteiger partial charge in [0.05, 0.1) is 10.5 Å². The lowest BCUT2D eigenvalue weighted by atomic mass is 10.1. The maximum absolute atomic E-state index is 11.7. The topological polar surface area (TPSA) is 75.5 Å². The number of nitro groups is 1. The minimum atomic E-state index is -0.463. The fourth-order valence-electron chi connectivity index (χ4n) is 1.47. The molecule has 0 aliphatic rings. The molecule has 1 aromatic carbocycles. The summed E-state index contributed by atoms with van der Waals surface area (Å²) >= 11 is 0. The third-order valence-corrected chi connectivity index (χ3v) is 2.61. The van der Waals surface area contributed by atoms with E-state index in [1.165, 1.54) is 18.2 Å². The number of nitrogens with zero attached hydrogens (tertiary/aromatic N) is 2. The van der Waals surface area contributed by atoms with Crippen LogP contribution in [0.2, 0.25) is 0 Å². The van der Waals surface area contributed by atoms with Crippen LogP contribution in [0.3, 0.4) is 0 Å². The van der Waals surface area contributed by atoms with Gasteiger partial charge in [0.1, 0.15) is 0 Å². The van der Waals surface area contributed by atoms with Gasteiger partial charge in [-0.05, 0) is 19.2 Å². The number of carbonyl (C=O) groups excluding carboxylic acids is 1.